The van der Waals surface area contributed by atoms with E-state index in [1.165, 1.54) is 12.1 Å². The van der Waals surface area contributed by atoms with Gasteiger partial charge < -0.3 is 4.74 Å². The molecule has 0 spiro atoms. The maximum Gasteiger partial charge on any atom is 0.416 e. The zero-order chi connectivity index (χ0) is 21.3. The first kappa shape index (κ1) is 20.1. The number of benzene rings is 2. The number of hydrogen-bond donors (Lipinski definition) is 0. The van der Waals surface area contributed by atoms with Crippen molar-refractivity contribution >= 4 is 5.78 Å². The Hall–Kier alpha value is -3.22. The van der Waals surface area contributed by atoms with Crippen molar-refractivity contribution in [1.82, 2.24) is 9.97 Å². The standard InChI is InChI=1S/C23H19F3N2O2/c1-14-11-17(13-21-27-9-2-10-28-21)22(29)19-12-16(5-8-20(19)30-14)15-3-6-18(7-4-15)23(24,25)26/h2-10,12,14,17H,11,13H2,1H3/t14-,17?/m0/s1. The largest absolute Gasteiger partial charge is 0.490 e. The molecule has 0 fully saturated rings. The Morgan fingerprint density at radius 3 is 2.37 bits per heavy atom. The van der Waals surface area contributed by atoms with E-state index in [1.54, 1.807) is 36.7 Å². The van der Waals surface area contributed by atoms with E-state index in [4.69, 9.17) is 4.74 Å². The van der Waals surface area contributed by atoms with E-state index < -0.39 is 11.7 Å². The van der Waals surface area contributed by atoms with Gasteiger partial charge in [0.2, 0.25) is 0 Å². The van der Waals surface area contributed by atoms with E-state index in [0.717, 1.165) is 12.1 Å². The summed E-state index contributed by atoms with van der Waals surface area (Å²) in [6.45, 7) is 1.91. The fourth-order valence-electron chi connectivity index (χ4n) is 3.68. The predicted octanol–water partition coefficient (Wildman–Crippen LogP) is 5.38. The summed E-state index contributed by atoms with van der Waals surface area (Å²) in [6, 6.07) is 11.8. The minimum absolute atomic E-state index is 0.0736. The molecule has 1 aromatic heterocycles. The molecule has 1 unspecified atom stereocenters. The summed E-state index contributed by atoms with van der Waals surface area (Å²) in [6.07, 6.45) is -0.349. The quantitative estimate of drug-likeness (QED) is 0.580. The predicted molar refractivity (Wildman–Crippen MR) is 105 cm³/mol. The van der Waals surface area contributed by atoms with Gasteiger partial charge in [-0.15, -0.1) is 0 Å². The molecule has 2 heterocycles. The Morgan fingerprint density at radius 2 is 1.70 bits per heavy atom. The monoisotopic (exact) mass is 412 g/mol. The van der Waals surface area contributed by atoms with Crippen LogP contribution in [0.4, 0.5) is 13.2 Å². The number of Topliss-reactive ketones (excluding diaryl/α,β-unsaturated/α-hetero) is 1. The van der Waals surface area contributed by atoms with Crippen molar-refractivity contribution in [3.63, 3.8) is 0 Å². The molecular weight excluding hydrogens is 393 g/mol. The second-order valence-corrected chi connectivity index (χ2v) is 7.38. The van der Waals surface area contributed by atoms with Gasteiger partial charge in [0.25, 0.3) is 0 Å². The summed E-state index contributed by atoms with van der Waals surface area (Å²) in [7, 11) is 0. The molecule has 7 heteroatoms. The fraction of sp³-hybridized carbons (Fsp3) is 0.261. The van der Waals surface area contributed by atoms with E-state index in [-0.39, 0.29) is 17.8 Å². The summed E-state index contributed by atoms with van der Waals surface area (Å²) in [4.78, 5) is 21.7. The molecule has 1 aliphatic rings. The number of aromatic nitrogens is 2. The Labute approximate surface area is 171 Å². The highest BCUT2D eigenvalue weighted by Gasteiger charge is 2.32. The van der Waals surface area contributed by atoms with Crippen LogP contribution < -0.4 is 4.74 Å². The molecule has 3 aromatic rings. The number of ether oxygens (including phenoxy) is 1. The molecule has 4 rings (SSSR count). The molecular formula is C23H19F3N2O2. The minimum atomic E-state index is -4.39. The molecule has 0 saturated carbocycles. The smallest absolute Gasteiger partial charge is 0.416 e. The van der Waals surface area contributed by atoms with Gasteiger partial charge in [0.1, 0.15) is 11.6 Å². The van der Waals surface area contributed by atoms with Crippen molar-refractivity contribution in [3.8, 4) is 16.9 Å². The third-order valence-corrected chi connectivity index (χ3v) is 5.15. The van der Waals surface area contributed by atoms with Crippen LogP contribution in [-0.4, -0.2) is 21.9 Å². The molecule has 0 N–H and O–H groups in total. The first-order chi connectivity index (χ1) is 14.3. The average molecular weight is 412 g/mol. The number of carbonyl (C=O) groups excluding carboxylic acids is 1. The van der Waals surface area contributed by atoms with Gasteiger partial charge in [0, 0.05) is 24.7 Å². The second kappa shape index (κ2) is 7.89. The van der Waals surface area contributed by atoms with Crippen molar-refractivity contribution in [2.75, 3.05) is 0 Å². The van der Waals surface area contributed by atoms with Gasteiger partial charge >= 0.3 is 6.18 Å². The van der Waals surface area contributed by atoms with Gasteiger partial charge in [-0.1, -0.05) is 18.2 Å². The van der Waals surface area contributed by atoms with Crippen LogP contribution in [0.25, 0.3) is 11.1 Å². The third-order valence-electron chi connectivity index (χ3n) is 5.15. The summed E-state index contributed by atoms with van der Waals surface area (Å²) in [5.74, 6) is 0.659. The van der Waals surface area contributed by atoms with Crippen LogP contribution in [0.2, 0.25) is 0 Å². The molecule has 154 valence electrons. The van der Waals surface area contributed by atoms with Crippen LogP contribution >= 0.6 is 0 Å². The zero-order valence-electron chi connectivity index (χ0n) is 16.2. The Bertz CT molecular complexity index is 1050. The van der Waals surface area contributed by atoms with Crippen molar-refractivity contribution in [2.45, 2.75) is 32.0 Å². The molecule has 0 amide bonds. The van der Waals surface area contributed by atoms with Crippen LogP contribution in [0.3, 0.4) is 0 Å². The minimum Gasteiger partial charge on any atom is -0.490 e. The highest BCUT2D eigenvalue weighted by molar-refractivity contribution is 6.01. The molecule has 1 aliphatic heterocycles. The van der Waals surface area contributed by atoms with Crippen LogP contribution in [0.1, 0.15) is 35.1 Å². The highest BCUT2D eigenvalue weighted by Crippen LogP contribution is 2.35. The normalized spacial score (nSPS) is 19.0. The van der Waals surface area contributed by atoms with Crippen LogP contribution in [-0.2, 0) is 12.6 Å². The fourth-order valence-corrected chi connectivity index (χ4v) is 3.68. The van der Waals surface area contributed by atoms with Crippen LogP contribution in [0.5, 0.6) is 5.75 Å². The molecule has 2 aromatic carbocycles. The molecule has 0 aliphatic carbocycles. The number of carbonyl (C=O) groups is 1. The van der Waals surface area contributed by atoms with Gasteiger partial charge in [0.15, 0.2) is 5.78 Å². The number of alkyl halides is 3. The van der Waals surface area contributed by atoms with Crippen LogP contribution in [0, 0.1) is 5.92 Å². The molecule has 0 bridgehead atoms. The number of fused-ring (bicyclic) bond motifs is 1. The first-order valence-corrected chi connectivity index (χ1v) is 9.59. The van der Waals surface area contributed by atoms with E-state index >= 15 is 0 Å². The van der Waals surface area contributed by atoms with E-state index in [1.807, 2.05) is 6.92 Å². The summed E-state index contributed by atoms with van der Waals surface area (Å²) in [5, 5.41) is 0. The van der Waals surface area contributed by atoms with Gasteiger partial charge in [-0.05, 0) is 54.8 Å². The Kier molecular flexibility index (Phi) is 5.28. The van der Waals surface area contributed by atoms with Gasteiger partial charge in [-0.25, -0.2) is 9.97 Å². The molecule has 0 radical (unpaired) electrons. The van der Waals surface area contributed by atoms with E-state index in [0.29, 0.717) is 41.1 Å². The first-order valence-electron chi connectivity index (χ1n) is 9.59. The Balaban J connectivity index is 1.66. The lowest BCUT2D eigenvalue weighted by Gasteiger charge is -2.15. The van der Waals surface area contributed by atoms with Crippen molar-refractivity contribution < 1.29 is 22.7 Å². The number of ketones is 1. The lowest BCUT2D eigenvalue weighted by atomic mass is 9.89. The number of rotatable bonds is 3. The maximum absolute atomic E-state index is 13.3. The van der Waals surface area contributed by atoms with E-state index in [9.17, 15) is 18.0 Å². The third kappa shape index (κ3) is 4.20. The summed E-state index contributed by atoms with van der Waals surface area (Å²) < 4.78 is 44.4. The van der Waals surface area contributed by atoms with Gasteiger partial charge in [-0.3, -0.25) is 4.79 Å². The van der Waals surface area contributed by atoms with E-state index in [2.05, 4.69) is 9.97 Å². The van der Waals surface area contributed by atoms with Crippen molar-refractivity contribution in [1.29, 1.82) is 0 Å². The number of hydrogen-bond acceptors (Lipinski definition) is 4. The highest BCUT2D eigenvalue weighted by atomic mass is 19.4. The second-order valence-electron chi connectivity index (χ2n) is 7.38. The number of halogens is 3. The Morgan fingerprint density at radius 1 is 1.03 bits per heavy atom. The maximum atomic E-state index is 13.3. The lowest BCUT2D eigenvalue weighted by Crippen LogP contribution is -2.21. The SMILES string of the molecule is C[C@H]1CC(Cc2ncccn2)C(=O)c2cc(-c3ccc(C(F)(F)F)cc3)ccc2O1. The lowest BCUT2D eigenvalue weighted by molar-refractivity contribution is -0.137. The van der Waals surface area contributed by atoms with Gasteiger partial charge in [-0.2, -0.15) is 13.2 Å². The van der Waals surface area contributed by atoms with Crippen LogP contribution in [0.15, 0.2) is 60.9 Å². The molecule has 0 saturated heterocycles. The average Bonchev–Trinajstić information content (AvgIpc) is 2.84. The molecule has 2 atom stereocenters. The summed E-state index contributed by atoms with van der Waals surface area (Å²) >= 11 is 0. The number of nitrogens with zero attached hydrogens (tertiary/aromatic N) is 2. The summed E-state index contributed by atoms with van der Waals surface area (Å²) in [5.41, 5.74) is 0.970. The topological polar surface area (TPSA) is 52.1 Å². The zero-order valence-corrected chi connectivity index (χ0v) is 16.2. The molecule has 30 heavy (non-hydrogen) atoms. The van der Waals surface area contributed by atoms with Crippen molar-refractivity contribution in [2.24, 2.45) is 5.92 Å². The molecule has 4 nitrogen and oxygen atoms in total. The van der Waals surface area contributed by atoms with Crippen molar-refractivity contribution in [3.05, 3.63) is 77.9 Å². The van der Waals surface area contributed by atoms with Gasteiger partial charge in [0.05, 0.1) is 17.2 Å².